The van der Waals surface area contributed by atoms with Crippen molar-refractivity contribution in [3.63, 3.8) is 0 Å². The normalized spacial score (nSPS) is 17.2. The number of fused-ring (bicyclic) bond motifs is 3. The van der Waals surface area contributed by atoms with Crippen molar-refractivity contribution in [2.24, 2.45) is 5.92 Å². The molecule has 4 rings (SSSR count). The number of nitrogens with zero attached hydrogens (tertiary/aromatic N) is 4. The second kappa shape index (κ2) is 5.85. The molecule has 1 aliphatic carbocycles. The molecule has 0 bridgehead atoms. The third-order valence-electron chi connectivity index (χ3n) is 4.32. The van der Waals surface area contributed by atoms with E-state index in [1.165, 1.54) is 28.7 Å². The van der Waals surface area contributed by atoms with E-state index in [1.54, 1.807) is 18.6 Å². The Morgan fingerprint density at radius 2 is 2.22 bits per heavy atom. The minimum Gasteiger partial charge on any atom is -0.364 e. The van der Waals surface area contributed by atoms with E-state index >= 15 is 0 Å². The monoisotopic (exact) mass is 325 g/mol. The van der Waals surface area contributed by atoms with Crippen LogP contribution in [0.25, 0.3) is 10.2 Å². The molecule has 1 unspecified atom stereocenters. The Labute approximate surface area is 139 Å². The SMILES string of the molecule is Cc1nc(NCc2cnccn2)c2c3c(sc2n1)CC(C)CC3. The molecule has 0 amide bonds. The Bertz CT molecular complexity index is 843. The third kappa shape index (κ3) is 2.79. The molecule has 23 heavy (non-hydrogen) atoms. The van der Waals surface area contributed by atoms with E-state index in [0.29, 0.717) is 6.54 Å². The number of nitrogens with one attached hydrogen (secondary N) is 1. The first-order valence-corrected chi connectivity index (χ1v) is 8.80. The Morgan fingerprint density at radius 3 is 3.04 bits per heavy atom. The zero-order valence-corrected chi connectivity index (χ0v) is 14.2. The van der Waals surface area contributed by atoms with Crippen LogP contribution in [0.15, 0.2) is 18.6 Å². The highest BCUT2D eigenvalue weighted by molar-refractivity contribution is 7.19. The Morgan fingerprint density at radius 1 is 1.30 bits per heavy atom. The van der Waals surface area contributed by atoms with Gasteiger partial charge in [-0.25, -0.2) is 9.97 Å². The van der Waals surface area contributed by atoms with Gasteiger partial charge in [-0.2, -0.15) is 0 Å². The number of hydrogen-bond acceptors (Lipinski definition) is 6. The summed E-state index contributed by atoms with van der Waals surface area (Å²) in [5.41, 5.74) is 2.36. The molecule has 0 saturated carbocycles. The van der Waals surface area contributed by atoms with Gasteiger partial charge in [0.25, 0.3) is 0 Å². The summed E-state index contributed by atoms with van der Waals surface area (Å²) >= 11 is 1.83. The smallest absolute Gasteiger partial charge is 0.139 e. The largest absolute Gasteiger partial charge is 0.364 e. The lowest BCUT2D eigenvalue weighted by molar-refractivity contribution is 0.509. The van der Waals surface area contributed by atoms with Crippen molar-refractivity contribution in [3.05, 3.63) is 40.5 Å². The predicted octanol–water partition coefficient (Wildman–Crippen LogP) is 3.53. The van der Waals surface area contributed by atoms with Crippen LogP contribution in [-0.4, -0.2) is 19.9 Å². The highest BCUT2D eigenvalue weighted by Gasteiger charge is 2.23. The molecule has 3 aromatic rings. The summed E-state index contributed by atoms with van der Waals surface area (Å²) in [6.45, 7) is 4.91. The minimum atomic E-state index is 0.625. The van der Waals surface area contributed by atoms with Crippen LogP contribution in [0.2, 0.25) is 0 Å². The van der Waals surface area contributed by atoms with E-state index in [2.05, 4.69) is 32.2 Å². The van der Waals surface area contributed by atoms with Gasteiger partial charge in [-0.3, -0.25) is 9.97 Å². The first kappa shape index (κ1) is 14.5. The highest BCUT2D eigenvalue weighted by atomic mass is 32.1. The first-order chi connectivity index (χ1) is 11.2. The number of anilines is 1. The number of rotatable bonds is 3. The maximum atomic E-state index is 4.66. The molecule has 3 aromatic heterocycles. The summed E-state index contributed by atoms with van der Waals surface area (Å²) in [7, 11) is 0. The van der Waals surface area contributed by atoms with Gasteiger partial charge >= 0.3 is 0 Å². The standard InChI is InChI=1S/C17H19N5S/c1-10-3-4-13-14(7-10)23-17-15(13)16(21-11(2)22-17)20-9-12-8-18-5-6-19-12/h5-6,8,10H,3-4,7,9H2,1-2H3,(H,20,21,22). The van der Waals surface area contributed by atoms with Gasteiger partial charge in [-0.1, -0.05) is 6.92 Å². The lowest BCUT2D eigenvalue weighted by atomic mass is 9.89. The van der Waals surface area contributed by atoms with Gasteiger partial charge < -0.3 is 5.32 Å². The summed E-state index contributed by atoms with van der Waals surface area (Å²) in [4.78, 5) is 20.3. The second-order valence-corrected chi connectivity index (χ2v) is 7.29. The molecule has 0 saturated heterocycles. The van der Waals surface area contributed by atoms with Crippen LogP contribution >= 0.6 is 11.3 Å². The topological polar surface area (TPSA) is 63.6 Å². The fourth-order valence-electron chi connectivity index (χ4n) is 3.17. The minimum absolute atomic E-state index is 0.625. The molecule has 1 aliphatic rings. The van der Waals surface area contributed by atoms with Crippen LogP contribution in [0.5, 0.6) is 0 Å². The maximum absolute atomic E-state index is 4.66. The summed E-state index contributed by atoms with van der Waals surface area (Å²) < 4.78 is 0. The van der Waals surface area contributed by atoms with Crippen LogP contribution < -0.4 is 5.32 Å². The number of hydrogen-bond donors (Lipinski definition) is 1. The fraction of sp³-hybridized carbons (Fsp3) is 0.412. The van der Waals surface area contributed by atoms with Crippen LogP contribution in [-0.2, 0) is 19.4 Å². The molecule has 1 atom stereocenters. The number of aryl methyl sites for hydroxylation is 2. The number of aromatic nitrogens is 4. The molecule has 3 heterocycles. The van der Waals surface area contributed by atoms with Crippen molar-refractivity contribution in [1.82, 2.24) is 19.9 Å². The van der Waals surface area contributed by atoms with E-state index < -0.39 is 0 Å². The van der Waals surface area contributed by atoms with Crippen molar-refractivity contribution in [2.75, 3.05) is 5.32 Å². The van der Waals surface area contributed by atoms with E-state index in [4.69, 9.17) is 0 Å². The molecule has 1 N–H and O–H groups in total. The Hall–Kier alpha value is -2.08. The van der Waals surface area contributed by atoms with Gasteiger partial charge in [-0.15, -0.1) is 11.3 Å². The summed E-state index contributed by atoms with van der Waals surface area (Å²) in [5.74, 6) is 2.51. The zero-order chi connectivity index (χ0) is 15.8. The van der Waals surface area contributed by atoms with Crippen molar-refractivity contribution in [2.45, 2.75) is 39.7 Å². The van der Waals surface area contributed by atoms with Gasteiger partial charge in [0.15, 0.2) is 0 Å². The molecule has 0 spiro atoms. The maximum Gasteiger partial charge on any atom is 0.139 e. The molecule has 6 heteroatoms. The average molecular weight is 325 g/mol. The molecular weight excluding hydrogens is 306 g/mol. The van der Waals surface area contributed by atoms with Crippen LogP contribution in [0.4, 0.5) is 5.82 Å². The van der Waals surface area contributed by atoms with Crippen LogP contribution in [0, 0.1) is 12.8 Å². The lowest BCUT2D eigenvalue weighted by Crippen LogP contribution is -2.10. The average Bonchev–Trinajstić information content (AvgIpc) is 2.90. The lowest BCUT2D eigenvalue weighted by Gasteiger charge is -2.18. The van der Waals surface area contributed by atoms with Gasteiger partial charge in [0, 0.05) is 17.3 Å². The molecule has 5 nitrogen and oxygen atoms in total. The van der Waals surface area contributed by atoms with Gasteiger partial charge in [0.2, 0.25) is 0 Å². The first-order valence-electron chi connectivity index (χ1n) is 7.98. The van der Waals surface area contributed by atoms with E-state index in [0.717, 1.165) is 34.5 Å². The van der Waals surface area contributed by atoms with E-state index in [-0.39, 0.29) is 0 Å². The summed E-state index contributed by atoms with van der Waals surface area (Å²) in [5, 5.41) is 4.66. The van der Waals surface area contributed by atoms with Crippen molar-refractivity contribution in [3.8, 4) is 0 Å². The van der Waals surface area contributed by atoms with E-state index in [9.17, 15) is 0 Å². The quantitative estimate of drug-likeness (QED) is 0.798. The van der Waals surface area contributed by atoms with Gasteiger partial charge in [0.05, 0.1) is 23.8 Å². The fourth-order valence-corrected chi connectivity index (χ4v) is 4.60. The molecule has 118 valence electrons. The van der Waals surface area contributed by atoms with Crippen molar-refractivity contribution >= 4 is 27.4 Å². The van der Waals surface area contributed by atoms with Crippen molar-refractivity contribution < 1.29 is 0 Å². The van der Waals surface area contributed by atoms with Crippen LogP contribution in [0.3, 0.4) is 0 Å². The van der Waals surface area contributed by atoms with Crippen molar-refractivity contribution in [1.29, 1.82) is 0 Å². The molecule has 0 fully saturated rings. The molecule has 0 radical (unpaired) electrons. The van der Waals surface area contributed by atoms with Crippen LogP contribution in [0.1, 0.15) is 35.3 Å². The number of thiophene rings is 1. The highest BCUT2D eigenvalue weighted by Crippen LogP contribution is 2.40. The second-order valence-electron chi connectivity index (χ2n) is 6.20. The summed E-state index contributed by atoms with van der Waals surface area (Å²) in [6, 6.07) is 0. The Balaban J connectivity index is 1.73. The molecular formula is C17H19N5S. The predicted molar refractivity (Wildman–Crippen MR) is 92.7 cm³/mol. The zero-order valence-electron chi connectivity index (χ0n) is 13.3. The third-order valence-corrected chi connectivity index (χ3v) is 5.47. The van der Waals surface area contributed by atoms with Gasteiger partial charge in [-0.05, 0) is 37.7 Å². The molecule has 0 aromatic carbocycles. The Kier molecular flexibility index (Phi) is 3.69. The summed E-state index contributed by atoms with van der Waals surface area (Å²) in [6.07, 6.45) is 8.72. The van der Waals surface area contributed by atoms with E-state index in [1.807, 2.05) is 18.3 Å². The van der Waals surface area contributed by atoms with Gasteiger partial charge in [0.1, 0.15) is 16.5 Å². The molecule has 0 aliphatic heterocycles.